The summed E-state index contributed by atoms with van der Waals surface area (Å²) in [6.45, 7) is 2.87. The van der Waals surface area contributed by atoms with Gasteiger partial charge >= 0.3 is 23.7 Å². The van der Waals surface area contributed by atoms with Crippen LogP contribution in [-0.4, -0.2) is 78.1 Å². The molecule has 0 fully saturated rings. The number of carbonyl (C=O) groups is 2. The van der Waals surface area contributed by atoms with Gasteiger partial charge in [0.25, 0.3) is 0 Å². The van der Waals surface area contributed by atoms with E-state index in [0.29, 0.717) is 14.0 Å². The zero-order valence-electron chi connectivity index (χ0n) is 21.9. The molecule has 0 aliphatic heterocycles. The summed E-state index contributed by atoms with van der Waals surface area (Å²) in [5.74, 6) is -10.5. The predicted octanol–water partition coefficient (Wildman–Crippen LogP) is 4.47. The topological polar surface area (TPSA) is 103 Å². The number of halogens is 7. The maximum Gasteiger partial charge on any atom is 0.384 e. The van der Waals surface area contributed by atoms with Gasteiger partial charge in [0.15, 0.2) is 0 Å². The van der Waals surface area contributed by atoms with E-state index in [1.54, 1.807) is 14.2 Å². The molecular formula is C21H28B2Br2ClF4N4O5. The van der Waals surface area contributed by atoms with Crippen molar-refractivity contribution in [2.45, 2.75) is 25.6 Å². The maximum absolute atomic E-state index is 13.6. The van der Waals surface area contributed by atoms with E-state index in [1.165, 1.54) is 38.3 Å². The largest absolute Gasteiger partial charge is 0.461 e. The fraction of sp³-hybridized carbons (Fsp3) is 0.429. The van der Waals surface area contributed by atoms with Crippen LogP contribution in [0.1, 0.15) is 18.3 Å². The highest BCUT2D eigenvalue weighted by atomic mass is 79.9. The van der Waals surface area contributed by atoms with Crippen LogP contribution in [0.15, 0.2) is 45.6 Å². The van der Waals surface area contributed by atoms with Crippen molar-refractivity contribution in [3.63, 3.8) is 0 Å². The van der Waals surface area contributed by atoms with Gasteiger partial charge in [0, 0.05) is 43.8 Å². The van der Waals surface area contributed by atoms with E-state index in [9.17, 15) is 27.2 Å². The fourth-order valence-electron chi connectivity index (χ4n) is 1.84. The molecule has 2 aromatic rings. The Morgan fingerprint density at radius 1 is 0.974 bits per heavy atom. The average molecular weight is 709 g/mol. The Morgan fingerprint density at radius 2 is 1.36 bits per heavy atom. The molecule has 217 valence electrons. The van der Waals surface area contributed by atoms with Crippen LogP contribution in [0.5, 0.6) is 0 Å². The zero-order valence-corrected chi connectivity index (χ0v) is 25.9. The summed E-state index contributed by atoms with van der Waals surface area (Å²) in [5, 5.41) is 0.462. The van der Waals surface area contributed by atoms with Crippen LogP contribution in [0, 0.1) is 0 Å². The summed E-state index contributed by atoms with van der Waals surface area (Å²) in [5.41, 5.74) is 1.19. The maximum atomic E-state index is 13.6. The molecule has 0 saturated heterocycles. The summed E-state index contributed by atoms with van der Waals surface area (Å²) >= 11 is 6.12. The van der Waals surface area contributed by atoms with Gasteiger partial charge in [-0.1, -0.05) is 6.82 Å². The van der Waals surface area contributed by atoms with Crippen LogP contribution in [0.25, 0.3) is 0 Å². The van der Waals surface area contributed by atoms with Gasteiger partial charge in [-0.25, -0.2) is 15.3 Å². The van der Waals surface area contributed by atoms with Gasteiger partial charge < -0.3 is 9.57 Å². The standard InChI is InChI=1S/C9H9BrF2N2O2.C9H8BrF2NO2.C2H7NO.CH3B.B.ClH/c1-14(16-2)8(15)9(11,12)7-4-3-6(10)5-13-7;1-2-15-8(14)9(11,12)7-4-3-6(10)5-13-7;1-3-4-2;1-2;;/h3-5H,1-2H3;3-5H,2H2,1H3;3H,1-2H3;1H3;;1H. The highest BCUT2D eigenvalue weighted by molar-refractivity contribution is 9.10. The summed E-state index contributed by atoms with van der Waals surface area (Å²) in [6.07, 6.45) is 2.39. The smallest absolute Gasteiger partial charge is 0.384 e. The molecule has 9 nitrogen and oxygen atoms in total. The first-order valence-corrected chi connectivity index (χ1v) is 11.6. The Kier molecular flexibility index (Phi) is 26.1. The number of nitrogens with zero attached hydrogens (tertiary/aromatic N) is 3. The second-order valence-electron chi connectivity index (χ2n) is 5.99. The summed E-state index contributed by atoms with van der Waals surface area (Å²) < 4.78 is 59.1. The van der Waals surface area contributed by atoms with Gasteiger partial charge in [-0.15, -0.1) is 12.4 Å². The molecular weight excluding hydrogens is 681 g/mol. The minimum atomic E-state index is -3.70. The van der Waals surface area contributed by atoms with E-state index in [1.807, 2.05) is 0 Å². The van der Waals surface area contributed by atoms with Crippen molar-refractivity contribution in [1.29, 1.82) is 0 Å². The molecule has 39 heavy (non-hydrogen) atoms. The number of carbonyl (C=O) groups excluding carboxylic acids is 2. The SMILES string of the molecule is CCOC(=O)C(F)(F)c1ccc(Br)cn1.CNOC.CON(C)C(=O)C(F)(F)c1ccc(Br)cn1.Cl.[B].[B]C. The Morgan fingerprint density at radius 3 is 1.64 bits per heavy atom. The molecule has 2 aromatic heterocycles. The monoisotopic (exact) mass is 707 g/mol. The Hall–Kier alpha value is -1.78. The van der Waals surface area contributed by atoms with Crippen molar-refractivity contribution in [2.75, 3.05) is 34.9 Å². The number of ether oxygens (including phenoxy) is 1. The number of nitrogens with one attached hydrogen (secondary N) is 1. The number of rotatable bonds is 7. The molecule has 0 aliphatic rings. The van der Waals surface area contributed by atoms with Crippen LogP contribution >= 0.6 is 44.3 Å². The van der Waals surface area contributed by atoms with Crippen molar-refractivity contribution in [2.24, 2.45) is 0 Å². The molecule has 0 bridgehead atoms. The number of esters is 1. The van der Waals surface area contributed by atoms with Crippen molar-refractivity contribution < 1.29 is 41.6 Å². The zero-order chi connectivity index (χ0) is 29.2. The molecule has 2 rings (SSSR count). The van der Waals surface area contributed by atoms with E-state index >= 15 is 0 Å². The molecule has 0 aromatic carbocycles. The van der Waals surface area contributed by atoms with Gasteiger partial charge in [0.1, 0.15) is 11.4 Å². The third-order valence-corrected chi connectivity index (χ3v) is 4.60. The highest BCUT2D eigenvalue weighted by Crippen LogP contribution is 2.29. The molecule has 1 amide bonds. The van der Waals surface area contributed by atoms with Crippen molar-refractivity contribution in [3.05, 3.63) is 57.0 Å². The summed E-state index contributed by atoms with van der Waals surface area (Å²) in [4.78, 5) is 37.9. The number of hydrogen-bond donors (Lipinski definition) is 1. The Balaban J connectivity index is -0.000000251. The highest BCUT2D eigenvalue weighted by Gasteiger charge is 2.45. The normalized spacial score (nSPS) is 9.85. The van der Waals surface area contributed by atoms with Gasteiger partial charge in [0.2, 0.25) is 0 Å². The lowest BCUT2D eigenvalue weighted by Gasteiger charge is -2.20. The number of hydroxylamine groups is 3. The van der Waals surface area contributed by atoms with E-state index in [-0.39, 0.29) is 27.4 Å². The first-order valence-electron chi connectivity index (χ1n) is 10.1. The summed E-state index contributed by atoms with van der Waals surface area (Å²) in [7, 11) is 10.0. The molecule has 2 heterocycles. The fourth-order valence-corrected chi connectivity index (χ4v) is 2.31. The molecule has 0 spiro atoms. The number of likely N-dealkylation sites (N-methyl/N-ethyl adjacent to an activating group) is 1. The Labute approximate surface area is 251 Å². The molecule has 0 unspecified atom stereocenters. The van der Waals surface area contributed by atoms with Crippen molar-refractivity contribution in [3.8, 4) is 0 Å². The number of pyridine rings is 2. The van der Waals surface area contributed by atoms with Crippen LogP contribution in [0.2, 0.25) is 6.82 Å². The minimum absolute atomic E-state index is 0. The molecule has 5 radical (unpaired) electrons. The van der Waals surface area contributed by atoms with E-state index in [4.69, 9.17) is 0 Å². The lowest BCUT2D eigenvalue weighted by atomic mass is 10.2. The van der Waals surface area contributed by atoms with Gasteiger partial charge in [-0.05, 0) is 63.0 Å². The van der Waals surface area contributed by atoms with Crippen LogP contribution < -0.4 is 5.48 Å². The second kappa shape index (κ2) is 23.0. The average Bonchev–Trinajstić information content (AvgIpc) is 2.90. The number of aromatic nitrogens is 2. The van der Waals surface area contributed by atoms with Crippen molar-refractivity contribution in [1.82, 2.24) is 20.5 Å². The molecule has 0 aliphatic carbocycles. The molecule has 0 saturated carbocycles. The third kappa shape index (κ3) is 15.6. The first-order chi connectivity index (χ1) is 17.3. The van der Waals surface area contributed by atoms with Crippen LogP contribution in [0.4, 0.5) is 17.6 Å². The van der Waals surface area contributed by atoms with Crippen LogP contribution in [0.3, 0.4) is 0 Å². The third-order valence-electron chi connectivity index (χ3n) is 3.66. The molecule has 0 atom stereocenters. The first kappa shape index (κ1) is 44.2. The minimum Gasteiger partial charge on any atom is -0.461 e. The van der Waals surface area contributed by atoms with Crippen molar-refractivity contribution >= 4 is 72.4 Å². The lowest BCUT2D eigenvalue weighted by Crippen LogP contribution is -2.39. The summed E-state index contributed by atoms with van der Waals surface area (Å²) in [6, 6.07) is 4.91. The van der Waals surface area contributed by atoms with Gasteiger partial charge in [0.05, 0.1) is 28.7 Å². The second-order valence-corrected chi connectivity index (χ2v) is 7.82. The van der Waals surface area contributed by atoms with E-state index in [2.05, 4.69) is 69.6 Å². The van der Waals surface area contributed by atoms with Gasteiger partial charge in [-0.3, -0.25) is 19.6 Å². The van der Waals surface area contributed by atoms with Crippen LogP contribution in [-0.2, 0) is 35.8 Å². The predicted molar refractivity (Wildman–Crippen MR) is 149 cm³/mol. The number of hydrogen-bond acceptors (Lipinski definition) is 8. The van der Waals surface area contributed by atoms with E-state index in [0.717, 1.165) is 26.3 Å². The number of alkyl halides is 4. The Bertz CT molecular complexity index is 940. The lowest BCUT2D eigenvalue weighted by molar-refractivity contribution is -0.196. The van der Waals surface area contributed by atoms with E-state index < -0.39 is 35.1 Å². The number of amides is 1. The van der Waals surface area contributed by atoms with Gasteiger partial charge in [-0.2, -0.15) is 17.6 Å². The molecule has 18 heteroatoms. The molecule has 1 N–H and O–H groups in total. The quantitative estimate of drug-likeness (QED) is 0.195.